The van der Waals surface area contributed by atoms with Gasteiger partial charge in [0.1, 0.15) is 24.0 Å². The molecule has 0 unspecified atom stereocenters. The number of hydrogen-bond donors (Lipinski definition) is 1. The Morgan fingerprint density at radius 1 is 1.08 bits per heavy atom. The summed E-state index contributed by atoms with van der Waals surface area (Å²) >= 11 is 6.01. The summed E-state index contributed by atoms with van der Waals surface area (Å²) in [6.45, 7) is 2.34. The highest BCUT2D eigenvalue weighted by molar-refractivity contribution is 6.31. The number of hydrogen-bond acceptors (Lipinski definition) is 7. The third kappa shape index (κ3) is 6.74. The molecule has 0 aliphatic heterocycles. The molecule has 0 fully saturated rings. The molecule has 0 heterocycles. The van der Waals surface area contributed by atoms with E-state index in [2.05, 4.69) is 5.32 Å². The van der Waals surface area contributed by atoms with Gasteiger partial charge in [-0.1, -0.05) is 17.7 Å². The third-order valence-electron chi connectivity index (χ3n) is 4.89. The number of anilines is 1. The zero-order chi connectivity index (χ0) is 26.1. The SMILES string of the molecule is CCOc1cc(/C=C(\C#N)C(=O)Nc2cc(Cl)ccc2OC)ccc1OCc1ccc([N+](=O)[O-])cc1. The Hall–Kier alpha value is -4.55. The van der Waals surface area contributed by atoms with Gasteiger partial charge in [0.25, 0.3) is 11.6 Å². The second-order valence-electron chi connectivity index (χ2n) is 7.32. The summed E-state index contributed by atoms with van der Waals surface area (Å²) in [5, 5.41) is 23.4. The van der Waals surface area contributed by atoms with Crippen molar-refractivity contribution in [1.29, 1.82) is 5.26 Å². The number of nitro groups is 1. The number of non-ortho nitro benzene ring substituents is 1. The molecule has 0 aliphatic carbocycles. The van der Waals surface area contributed by atoms with Gasteiger partial charge in [-0.25, -0.2) is 0 Å². The van der Waals surface area contributed by atoms with E-state index < -0.39 is 10.8 Å². The summed E-state index contributed by atoms with van der Waals surface area (Å²) in [6.07, 6.45) is 1.43. The summed E-state index contributed by atoms with van der Waals surface area (Å²) in [5.41, 5.74) is 1.48. The van der Waals surface area contributed by atoms with Crippen LogP contribution in [0, 0.1) is 21.4 Å². The van der Waals surface area contributed by atoms with Gasteiger partial charge in [0.2, 0.25) is 0 Å². The molecule has 3 aromatic rings. The van der Waals surface area contributed by atoms with E-state index in [1.165, 1.54) is 31.4 Å². The Bertz CT molecular complexity index is 1330. The molecule has 3 aromatic carbocycles. The van der Waals surface area contributed by atoms with Gasteiger partial charge in [-0.3, -0.25) is 14.9 Å². The molecule has 0 spiro atoms. The summed E-state index contributed by atoms with van der Waals surface area (Å²) in [4.78, 5) is 23.1. The number of carbonyl (C=O) groups excluding carboxylic acids is 1. The minimum atomic E-state index is -0.630. The highest BCUT2D eigenvalue weighted by atomic mass is 35.5. The first kappa shape index (κ1) is 26.1. The van der Waals surface area contributed by atoms with Gasteiger partial charge in [-0.2, -0.15) is 5.26 Å². The fourth-order valence-electron chi connectivity index (χ4n) is 3.16. The predicted octanol–water partition coefficient (Wildman–Crippen LogP) is 5.78. The van der Waals surface area contributed by atoms with Gasteiger partial charge in [-0.05, 0) is 66.6 Å². The second kappa shape index (κ2) is 12.2. The van der Waals surface area contributed by atoms with Crippen LogP contribution < -0.4 is 19.5 Å². The van der Waals surface area contributed by atoms with Crippen molar-refractivity contribution in [2.75, 3.05) is 19.0 Å². The van der Waals surface area contributed by atoms with Gasteiger partial charge in [-0.15, -0.1) is 0 Å². The van der Waals surface area contributed by atoms with Crippen LogP contribution in [-0.2, 0) is 11.4 Å². The lowest BCUT2D eigenvalue weighted by Gasteiger charge is -2.13. The molecule has 9 nitrogen and oxygen atoms in total. The summed E-state index contributed by atoms with van der Waals surface area (Å²) in [6, 6.07) is 17.7. The lowest BCUT2D eigenvalue weighted by Crippen LogP contribution is -2.14. The van der Waals surface area contributed by atoms with Crippen molar-refractivity contribution in [3.8, 4) is 23.3 Å². The number of ether oxygens (including phenoxy) is 3. The second-order valence-corrected chi connectivity index (χ2v) is 7.76. The van der Waals surface area contributed by atoms with Gasteiger partial charge >= 0.3 is 0 Å². The van der Waals surface area contributed by atoms with Gasteiger partial charge < -0.3 is 19.5 Å². The van der Waals surface area contributed by atoms with Crippen LogP contribution in [0.2, 0.25) is 5.02 Å². The topological polar surface area (TPSA) is 124 Å². The van der Waals surface area contributed by atoms with Crippen molar-refractivity contribution in [2.24, 2.45) is 0 Å². The number of nitro benzene ring substituents is 1. The summed E-state index contributed by atoms with van der Waals surface area (Å²) < 4.78 is 16.7. The van der Waals surface area contributed by atoms with E-state index in [1.807, 2.05) is 13.0 Å². The third-order valence-corrected chi connectivity index (χ3v) is 5.13. The molecule has 36 heavy (non-hydrogen) atoms. The first-order chi connectivity index (χ1) is 17.3. The van der Waals surface area contributed by atoms with Crippen molar-refractivity contribution < 1.29 is 23.9 Å². The quantitative estimate of drug-likeness (QED) is 0.159. The van der Waals surface area contributed by atoms with Crippen molar-refractivity contribution in [3.05, 3.63) is 92.5 Å². The Labute approximate surface area is 212 Å². The lowest BCUT2D eigenvalue weighted by molar-refractivity contribution is -0.384. The number of nitriles is 1. The minimum absolute atomic E-state index is 0.00367. The molecule has 184 valence electrons. The highest BCUT2D eigenvalue weighted by Gasteiger charge is 2.14. The van der Waals surface area contributed by atoms with Crippen LogP contribution in [0.1, 0.15) is 18.1 Å². The zero-order valence-electron chi connectivity index (χ0n) is 19.5. The number of halogens is 1. The average Bonchev–Trinajstić information content (AvgIpc) is 2.87. The summed E-state index contributed by atoms with van der Waals surface area (Å²) in [5.74, 6) is 0.633. The fourth-order valence-corrected chi connectivity index (χ4v) is 3.33. The molecule has 0 atom stereocenters. The molecular formula is C26H22ClN3O6. The number of rotatable bonds is 10. The van der Waals surface area contributed by atoms with Crippen molar-refractivity contribution in [1.82, 2.24) is 0 Å². The highest BCUT2D eigenvalue weighted by Crippen LogP contribution is 2.31. The molecule has 10 heteroatoms. The maximum absolute atomic E-state index is 12.7. The number of benzene rings is 3. The van der Waals surface area contributed by atoms with Gasteiger partial charge in [0, 0.05) is 17.2 Å². The maximum atomic E-state index is 12.7. The normalized spacial score (nSPS) is 10.8. The molecule has 0 saturated carbocycles. The van der Waals surface area contributed by atoms with Crippen LogP contribution in [-0.4, -0.2) is 24.5 Å². The molecule has 1 N–H and O–H groups in total. The fraction of sp³-hybridized carbons (Fsp3) is 0.154. The number of nitrogens with one attached hydrogen (secondary N) is 1. The van der Waals surface area contributed by atoms with Crippen LogP contribution in [0.5, 0.6) is 17.2 Å². The molecule has 0 aromatic heterocycles. The molecule has 3 rings (SSSR count). The Morgan fingerprint density at radius 2 is 1.81 bits per heavy atom. The molecule has 0 bridgehead atoms. The monoisotopic (exact) mass is 507 g/mol. The van der Waals surface area contributed by atoms with E-state index in [9.17, 15) is 20.2 Å². The average molecular weight is 508 g/mol. The number of amides is 1. The maximum Gasteiger partial charge on any atom is 0.269 e. The lowest BCUT2D eigenvalue weighted by atomic mass is 10.1. The molecule has 0 aliphatic rings. The Morgan fingerprint density at radius 3 is 2.44 bits per heavy atom. The Kier molecular flexibility index (Phi) is 8.86. The van der Waals surface area contributed by atoms with E-state index >= 15 is 0 Å². The number of methoxy groups -OCH3 is 1. The molecule has 0 radical (unpaired) electrons. The van der Waals surface area contributed by atoms with Crippen LogP contribution in [0.3, 0.4) is 0 Å². The predicted molar refractivity (Wildman–Crippen MR) is 135 cm³/mol. The van der Waals surface area contributed by atoms with E-state index in [-0.39, 0.29) is 17.9 Å². The zero-order valence-corrected chi connectivity index (χ0v) is 20.2. The van der Waals surface area contributed by atoms with E-state index in [1.54, 1.807) is 42.5 Å². The number of carbonyl (C=O) groups is 1. The summed E-state index contributed by atoms with van der Waals surface area (Å²) in [7, 11) is 1.46. The van der Waals surface area contributed by atoms with Crippen LogP contribution in [0.4, 0.5) is 11.4 Å². The minimum Gasteiger partial charge on any atom is -0.495 e. The Balaban J connectivity index is 1.78. The van der Waals surface area contributed by atoms with Crippen LogP contribution >= 0.6 is 11.6 Å². The van der Waals surface area contributed by atoms with Crippen molar-refractivity contribution >= 4 is 35.0 Å². The molecule has 1 amide bonds. The van der Waals surface area contributed by atoms with Gasteiger partial charge in [0.05, 0.1) is 24.3 Å². The van der Waals surface area contributed by atoms with E-state index in [0.29, 0.717) is 40.1 Å². The smallest absolute Gasteiger partial charge is 0.269 e. The van der Waals surface area contributed by atoms with E-state index in [0.717, 1.165) is 5.56 Å². The number of nitrogens with zero attached hydrogens (tertiary/aromatic N) is 2. The van der Waals surface area contributed by atoms with Crippen LogP contribution in [0.15, 0.2) is 66.2 Å². The van der Waals surface area contributed by atoms with Crippen molar-refractivity contribution in [3.63, 3.8) is 0 Å². The van der Waals surface area contributed by atoms with Crippen molar-refractivity contribution in [2.45, 2.75) is 13.5 Å². The van der Waals surface area contributed by atoms with Crippen LogP contribution in [0.25, 0.3) is 6.08 Å². The van der Waals surface area contributed by atoms with Gasteiger partial charge in [0.15, 0.2) is 11.5 Å². The molecule has 0 saturated heterocycles. The standard InChI is InChI=1S/C26H22ClN3O6/c1-3-35-25-13-18(6-10-24(25)36-16-17-4-8-21(9-5-17)30(32)33)12-19(15-28)26(31)29-22-14-20(27)7-11-23(22)34-2/h4-14H,3,16H2,1-2H3,(H,29,31)/b19-12+. The molecular weight excluding hydrogens is 486 g/mol. The first-order valence-electron chi connectivity index (χ1n) is 10.7. The first-order valence-corrected chi connectivity index (χ1v) is 11.1. The largest absolute Gasteiger partial charge is 0.495 e. The van der Waals surface area contributed by atoms with E-state index in [4.69, 9.17) is 25.8 Å².